The zero-order valence-corrected chi connectivity index (χ0v) is 17.2. The molecule has 0 aromatic rings. The van der Waals surface area contributed by atoms with Gasteiger partial charge in [-0.05, 0) is 19.3 Å². The van der Waals surface area contributed by atoms with E-state index < -0.39 is 0 Å². The fourth-order valence-corrected chi connectivity index (χ4v) is 4.50. The van der Waals surface area contributed by atoms with E-state index in [0.29, 0.717) is 24.0 Å². The van der Waals surface area contributed by atoms with Gasteiger partial charge >= 0.3 is 0 Å². The summed E-state index contributed by atoms with van der Waals surface area (Å²) >= 11 is 0. The first kappa shape index (κ1) is 19.2. The van der Waals surface area contributed by atoms with Crippen LogP contribution < -0.4 is 5.32 Å². The highest BCUT2D eigenvalue weighted by Gasteiger charge is 2.58. The van der Waals surface area contributed by atoms with E-state index in [1.165, 1.54) is 12.8 Å². The molecule has 1 N–H and O–H groups in total. The van der Waals surface area contributed by atoms with Gasteiger partial charge in [0.1, 0.15) is 0 Å². The number of ether oxygens (including phenoxy) is 2. The Hall–Kier alpha value is -0.0800. The average molecular weight is 437 g/mol. The molecule has 0 bridgehead atoms. The fourth-order valence-electron chi connectivity index (χ4n) is 4.50. The molecule has 5 nitrogen and oxygen atoms in total. The van der Waals surface area contributed by atoms with Gasteiger partial charge in [-0.1, -0.05) is 13.8 Å². The molecule has 2 heterocycles. The first-order valence-corrected chi connectivity index (χ1v) is 8.68. The number of hydrogen-bond acceptors (Lipinski definition) is 3. The Morgan fingerprint density at radius 2 is 2.09 bits per heavy atom. The first-order chi connectivity index (χ1) is 10.5. The third kappa shape index (κ3) is 3.79. The Kier molecular flexibility index (Phi) is 6.58. The van der Waals surface area contributed by atoms with E-state index in [4.69, 9.17) is 9.47 Å². The smallest absolute Gasteiger partial charge is 0.193 e. The normalized spacial score (nSPS) is 35.7. The molecule has 0 radical (unpaired) electrons. The molecule has 2 aliphatic heterocycles. The van der Waals surface area contributed by atoms with Crippen LogP contribution >= 0.6 is 24.0 Å². The molecule has 134 valence electrons. The van der Waals surface area contributed by atoms with Crippen molar-refractivity contribution in [1.29, 1.82) is 0 Å². The molecule has 4 atom stereocenters. The van der Waals surface area contributed by atoms with Gasteiger partial charge in [0.2, 0.25) is 0 Å². The van der Waals surface area contributed by atoms with E-state index in [2.05, 4.69) is 36.1 Å². The number of hydrogen-bond donors (Lipinski definition) is 1. The molecule has 1 saturated carbocycles. The van der Waals surface area contributed by atoms with Crippen LogP contribution in [0.3, 0.4) is 0 Å². The van der Waals surface area contributed by atoms with E-state index in [0.717, 1.165) is 38.7 Å². The van der Waals surface area contributed by atoms with Crippen LogP contribution in [0.4, 0.5) is 0 Å². The molecule has 0 aromatic heterocycles. The van der Waals surface area contributed by atoms with E-state index in [1.807, 2.05) is 7.05 Å². The number of rotatable bonds is 3. The van der Waals surface area contributed by atoms with Gasteiger partial charge in [-0.15, -0.1) is 24.0 Å². The maximum absolute atomic E-state index is 6.00. The molecule has 4 unspecified atom stereocenters. The molecule has 3 aliphatic rings. The van der Waals surface area contributed by atoms with Crippen molar-refractivity contribution in [1.82, 2.24) is 10.2 Å². The lowest BCUT2D eigenvalue weighted by molar-refractivity contribution is -0.188. The molecule has 23 heavy (non-hydrogen) atoms. The van der Waals surface area contributed by atoms with Crippen molar-refractivity contribution < 1.29 is 9.47 Å². The molecule has 0 spiro atoms. The molecule has 2 saturated heterocycles. The third-order valence-electron chi connectivity index (χ3n) is 5.75. The van der Waals surface area contributed by atoms with Crippen LogP contribution in [0.25, 0.3) is 0 Å². The van der Waals surface area contributed by atoms with Gasteiger partial charge in [-0.3, -0.25) is 4.99 Å². The molecular formula is C17H32IN3O2. The summed E-state index contributed by atoms with van der Waals surface area (Å²) < 4.78 is 11.5. The molecule has 0 amide bonds. The Morgan fingerprint density at radius 1 is 1.30 bits per heavy atom. The summed E-state index contributed by atoms with van der Waals surface area (Å²) in [4.78, 5) is 6.76. The highest BCUT2D eigenvalue weighted by atomic mass is 127. The maximum atomic E-state index is 6.00. The quantitative estimate of drug-likeness (QED) is 0.419. The van der Waals surface area contributed by atoms with Crippen molar-refractivity contribution in [2.24, 2.45) is 22.2 Å². The second-order valence-electron chi connectivity index (χ2n) is 7.70. The lowest BCUT2D eigenvalue weighted by Gasteiger charge is -2.60. The third-order valence-corrected chi connectivity index (χ3v) is 5.75. The van der Waals surface area contributed by atoms with E-state index in [9.17, 15) is 0 Å². The van der Waals surface area contributed by atoms with Crippen LogP contribution in [0.5, 0.6) is 0 Å². The number of guanidine groups is 1. The zero-order valence-electron chi connectivity index (χ0n) is 14.9. The van der Waals surface area contributed by atoms with Crippen molar-refractivity contribution in [2.45, 2.75) is 45.3 Å². The van der Waals surface area contributed by atoms with Gasteiger partial charge in [0, 0.05) is 57.1 Å². The maximum Gasteiger partial charge on any atom is 0.193 e. The molecular weight excluding hydrogens is 405 g/mol. The van der Waals surface area contributed by atoms with E-state index in [1.54, 1.807) is 0 Å². The number of fused-ring (bicyclic) bond motifs is 1. The highest BCUT2D eigenvalue weighted by Crippen LogP contribution is 2.51. The van der Waals surface area contributed by atoms with Crippen LogP contribution in [0, 0.1) is 17.3 Å². The van der Waals surface area contributed by atoms with Crippen LogP contribution in [0.15, 0.2) is 4.99 Å². The van der Waals surface area contributed by atoms with Gasteiger partial charge in [0.15, 0.2) is 5.96 Å². The average Bonchev–Trinajstić information content (AvgIpc) is 3.00. The predicted octanol–water partition coefficient (Wildman–Crippen LogP) is 2.35. The van der Waals surface area contributed by atoms with Gasteiger partial charge in [-0.2, -0.15) is 0 Å². The van der Waals surface area contributed by atoms with E-state index >= 15 is 0 Å². The van der Waals surface area contributed by atoms with Crippen LogP contribution in [0.1, 0.15) is 33.1 Å². The number of aliphatic imine (C=N–C) groups is 1. The van der Waals surface area contributed by atoms with Crippen molar-refractivity contribution in [3.63, 3.8) is 0 Å². The topological polar surface area (TPSA) is 46.1 Å². The van der Waals surface area contributed by atoms with E-state index in [-0.39, 0.29) is 29.4 Å². The van der Waals surface area contributed by atoms with Crippen molar-refractivity contribution in [2.75, 3.05) is 40.5 Å². The van der Waals surface area contributed by atoms with Gasteiger partial charge in [0.05, 0.1) is 12.7 Å². The van der Waals surface area contributed by atoms with Gasteiger partial charge in [-0.25, -0.2) is 0 Å². The zero-order chi connectivity index (χ0) is 15.7. The standard InChI is InChI=1S/C17H31N3O2.HI/c1-17(2)14(13-6-5-8-22-15(13)17)19-16(18-3)20(4)10-12-7-9-21-11-12;/h12-15H,5-11H2,1-4H3,(H,18,19);1H. The fraction of sp³-hybridized carbons (Fsp3) is 0.941. The number of nitrogens with one attached hydrogen (secondary N) is 1. The molecule has 3 fully saturated rings. The molecule has 1 aliphatic carbocycles. The predicted molar refractivity (Wildman–Crippen MR) is 103 cm³/mol. The summed E-state index contributed by atoms with van der Waals surface area (Å²) in [7, 11) is 4.01. The molecule has 3 rings (SSSR count). The van der Waals surface area contributed by atoms with Gasteiger partial charge in [0.25, 0.3) is 0 Å². The Morgan fingerprint density at radius 3 is 2.74 bits per heavy atom. The molecule has 0 aromatic carbocycles. The van der Waals surface area contributed by atoms with Crippen LogP contribution in [-0.2, 0) is 9.47 Å². The number of nitrogens with zero attached hydrogens (tertiary/aromatic N) is 2. The van der Waals surface area contributed by atoms with Gasteiger partial charge < -0.3 is 19.7 Å². The largest absolute Gasteiger partial charge is 0.381 e. The summed E-state index contributed by atoms with van der Waals surface area (Å²) in [5.41, 5.74) is 0.179. The summed E-state index contributed by atoms with van der Waals surface area (Å²) in [6.07, 6.45) is 4.02. The van der Waals surface area contributed by atoms with Crippen molar-refractivity contribution in [3.05, 3.63) is 0 Å². The first-order valence-electron chi connectivity index (χ1n) is 8.68. The summed E-state index contributed by atoms with van der Waals surface area (Å²) in [5.74, 6) is 2.27. The summed E-state index contributed by atoms with van der Waals surface area (Å²) in [6, 6.07) is 0.457. The minimum atomic E-state index is 0. The lowest BCUT2D eigenvalue weighted by Crippen LogP contribution is -2.71. The summed E-state index contributed by atoms with van der Waals surface area (Å²) in [5, 5.41) is 3.72. The Labute approximate surface area is 157 Å². The highest BCUT2D eigenvalue weighted by molar-refractivity contribution is 14.0. The minimum absolute atomic E-state index is 0. The number of halogens is 1. The summed E-state index contributed by atoms with van der Waals surface area (Å²) in [6.45, 7) is 8.35. The molecule has 6 heteroatoms. The SMILES string of the molecule is CN=C(NC1C2CCCOC2C1(C)C)N(C)CC1CCOC1.I. The lowest BCUT2D eigenvalue weighted by atomic mass is 9.55. The Balaban J connectivity index is 0.00000192. The minimum Gasteiger partial charge on any atom is -0.381 e. The Bertz CT molecular complexity index is 424. The monoisotopic (exact) mass is 437 g/mol. The van der Waals surface area contributed by atoms with Crippen LogP contribution in [0.2, 0.25) is 0 Å². The second-order valence-corrected chi connectivity index (χ2v) is 7.70. The van der Waals surface area contributed by atoms with Crippen molar-refractivity contribution >= 4 is 29.9 Å². The van der Waals surface area contributed by atoms with Crippen molar-refractivity contribution in [3.8, 4) is 0 Å². The second kappa shape index (κ2) is 7.87. The van der Waals surface area contributed by atoms with Crippen LogP contribution in [-0.4, -0.2) is 63.5 Å².